The van der Waals surface area contributed by atoms with Crippen molar-refractivity contribution >= 4 is 11.4 Å². The molecule has 3 rings (SSSR count). The van der Waals surface area contributed by atoms with Gasteiger partial charge in [0, 0.05) is 25.7 Å². The van der Waals surface area contributed by atoms with Crippen molar-refractivity contribution in [1.29, 1.82) is 0 Å². The van der Waals surface area contributed by atoms with E-state index in [0.29, 0.717) is 0 Å². The molecule has 0 atom stereocenters. The number of nitro benzene ring substituents is 1. The Kier molecular flexibility index (Phi) is 4.62. The minimum atomic E-state index is -0.251. The average molecular weight is 303 g/mol. The molecule has 2 heterocycles. The summed E-state index contributed by atoms with van der Waals surface area (Å²) < 4.78 is 0. The number of aryl methyl sites for hydroxylation is 1. The number of hydrogen-bond acceptors (Lipinski definition) is 4. The van der Waals surface area contributed by atoms with E-state index in [4.69, 9.17) is 0 Å². The number of hydrogen-bond donors (Lipinski definition) is 0. The van der Waals surface area contributed by atoms with Crippen LogP contribution in [0.4, 0.5) is 11.4 Å². The van der Waals surface area contributed by atoms with Crippen molar-refractivity contribution in [2.75, 3.05) is 37.6 Å². The second-order valence-electron chi connectivity index (χ2n) is 6.64. The molecule has 0 aliphatic carbocycles. The number of anilines is 1. The SMILES string of the molecule is Cc1cccc([N+](=O)[O-])c1N1CCC(CN2CCCC2)CC1. The molecule has 2 saturated heterocycles. The second-order valence-corrected chi connectivity index (χ2v) is 6.64. The molecule has 0 amide bonds. The van der Waals surface area contributed by atoms with Crippen LogP contribution in [0.25, 0.3) is 0 Å². The molecule has 1 aromatic carbocycles. The summed E-state index contributed by atoms with van der Waals surface area (Å²) in [7, 11) is 0. The van der Waals surface area contributed by atoms with E-state index in [9.17, 15) is 10.1 Å². The predicted molar refractivity (Wildman–Crippen MR) is 88.4 cm³/mol. The zero-order chi connectivity index (χ0) is 15.5. The Morgan fingerprint density at radius 2 is 1.86 bits per heavy atom. The molecule has 2 aliphatic rings. The third-order valence-corrected chi connectivity index (χ3v) is 5.06. The van der Waals surface area contributed by atoms with Gasteiger partial charge in [0.15, 0.2) is 0 Å². The van der Waals surface area contributed by atoms with Gasteiger partial charge in [0.05, 0.1) is 4.92 Å². The quantitative estimate of drug-likeness (QED) is 0.633. The molecular weight excluding hydrogens is 278 g/mol. The van der Waals surface area contributed by atoms with E-state index in [0.717, 1.165) is 43.1 Å². The van der Waals surface area contributed by atoms with Crippen LogP contribution in [0.3, 0.4) is 0 Å². The van der Waals surface area contributed by atoms with Gasteiger partial charge in [0.25, 0.3) is 5.69 Å². The van der Waals surface area contributed by atoms with Crippen molar-refractivity contribution in [1.82, 2.24) is 4.90 Å². The molecule has 0 bridgehead atoms. The maximum atomic E-state index is 11.3. The minimum absolute atomic E-state index is 0.248. The number of rotatable bonds is 4. The van der Waals surface area contributed by atoms with Crippen LogP contribution in [0.2, 0.25) is 0 Å². The molecule has 2 aliphatic heterocycles. The van der Waals surface area contributed by atoms with Gasteiger partial charge in [-0.1, -0.05) is 12.1 Å². The fraction of sp³-hybridized carbons (Fsp3) is 0.647. The third kappa shape index (κ3) is 3.24. The highest BCUT2D eigenvalue weighted by molar-refractivity contribution is 5.67. The standard InChI is InChI=1S/C17H25N3O2/c1-14-5-4-6-16(20(21)22)17(14)19-11-7-15(8-12-19)13-18-9-2-3-10-18/h4-6,15H,2-3,7-13H2,1H3. The van der Waals surface area contributed by atoms with Crippen molar-refractivity contribution in [2.45, 2.75) is 32.6 Å². The van der Waals surface area contributed by atoms with Crippen LogP contribution in [-0.2, 0) is 0 Å². The van der Waals surface area contributed by atoms with E-state index in [1.54, 1.807) is 12.1 Å². The maximum absolute atomic E-state index is 11.3. The first-order chi connectivity index (χ1) is 10.6. The van der Waals surface area contributed by atoms with Gasteiger partial charge < -0.3 is 9.80 Å². The van der Waals surface area contributed by atoms with Crippen LogP contribution >= 0.6 is 0 Å². The molecule has 22 heavy (non-hydrogen) atoms. The summed E-state index contributed by atoms with van der Waals surface area (Å²) in [4.78, 5) is 15.8. The predicted octanol–water partition coefficient (Wildman–Crippen LogP) is 3.22. The van der Waals surface area contributed by atoms with Crippen molar-refractivity contribution < 1.29 is 4.92 Å². The van der Waals surface area contributed by atoms with Crippen molar-refractivity contribution in [3.63, 3.8) is 0 Å². The Bertz CT molecular complexity index is 533. The Hall–Kier alpha value is -1.62. The number of nitro groups is 1. The normalized spacial score (nSPS) is 20.5. The van der Waals surface area contributed by atoms with Gasteiger partial charge in [0.1, 0.15) is 5.69 Å². The van der Waals surface area contributed by atoms with Crippen LogP contribution in [0.15, 0.2) is 18.2 Å². The molecule has 2 fully saturated rings. The van der Waals surface area contributed by atoms with Gasteiger partial charge in [-0.25, -0.2) is 0 Å². The molecule has 0 aromatic heterocycles. The first-order valence-electron chi connectivity index (χ1n) is 8.36. The molecule has 0 saturated carbocycles. The largest absolute Gasteiger partial charge is 0.366 e. The van der Waals surface area contributed by atoms with Gasteiger partial charge in [-0.3, -0.25) is 10.1 Å². The van der Waals surface area contributed by atoms with Crippen molar-refractivity contribution in [3.05, 3.63) is 33.9 Å². The Morgan fingerprint density at radius 3 is 2.50 bits per heavy atom. The molecule has 5 nitrogen and oxygen atoms in total. The van der Waals surface area contributed by atoms with E-state index in [1.165, 1.54) is 32.5 Å². The second kappa shape index (κ2) is 6.65. The lowest BCUT2D eigenvalue weighted by molar-refractivity contribution is -0.384. The lowest BCUT2D eigenvalue weighted by Gasteiger charge is -2.35. The van der Waals surface area contributed by atoms with Crippen LogP contribution in [0.5, 0.6) is 0 Å². The molecule has 0 spiro atoms. The zero-order valence-corrected chi connectivity index (χ0v) is 13.3. The summed E-state index contributed by atoms with van der Waals surface area (Å²) in [6, 6.07) is 5.37. The molecule has 0 unspecified atom stereocenters. The van der Waals surface area contributed by atoms with Gasteiger partial charge >= 0.3 is 0 Å². The van der Waals surface area contributed by atoms with Crippen LogP contribution < -0.4 is 4.90 Å². The van der Waals surface area contributed by atoms with Gasteiger partial charge in [-0.15, -0.1) is 0 Å². The third-order valence-electron chi connectivity index (χ3n) is 5.06. The number of likely N-dealkylation sites (tertiary alicyclic amines) is 1. The highest BCUT2D eigenvalue weighted by atomic mass is 16.6. The van der Waals surface area contributed by atoms with Gasteiger partial charge in [-0.2, -0.15) is 0 Å². The number of nitrogens with zero attached hydrogens (tertiary/aromatic N) is 3. The summed E-state index contributed by atoms with van der Waals surface area (Å²) in [6.45, 7) is 7.56. The Morgan fingerprint density at radius 1 is 1.18 bits per heavy atom. The Balaban J connectivity index is 1.65. The van der Waals surface area contributed by atoms with Crippen LogP contribution in [0, 0.1) is 23.0 Å². The summed E-state index contributed by atoms with van der Waals surface area (Å²) in [5.74, 6) is 0.748. The van der Waals surface area contributed by atoms with E-state index in [-0.39, 0.29) is 10.6 Å². The lowest BCUT2D eigenvalue weighted by Crippen LogP contribution is -2.38. The van der Waals surface area contributed by atoms with Gasteiger partial charge in [-0.05, 0) is 57.2 Å². The average Bonchev–Trinajstić information content (AvgIpc) is 3.01. The molecule has 120 valence electrons. The lowest BCUT2D eigenvalue weighted by atomic mass is 9.95. The smallest absolute Gasteiger partial charge is 0.292 e. The molecule has 0 radical (unpaired) electrons. The zero-order valence-electron chi connectivity index (χ0n) is 13.3. The summed E-state index contributed by atoms with van der Waals surface area (Å²) in [5, 5.41) is 11.3. The minimum Gasteiger partial charge on any atom is -0.366 e. The number of piperidine rings is 1. The first kappa shape index (κ1) is 15.3. The summed E-state index contributed by atoms with van der Waals surface area (Å²) in [6.07, 6.45) is 4.96. The van der Waals surface area contributed by atoms with Gasteiger partial charge in [0.2, 0.25) is 0 Å². The van der Waals surface area contributed by atoms with E-state index in [1.807, 2.05) is 13.0 Å². The molecule has 0 N–H and O–H groups in total. The van der Waals surface area contributed by atoms with E-state index < -0.39 is 0 Å². The number of benzene rings is 1. The van der Waals surface area contributed by atoms with Crippen molar-refractivity contribution in [3.8, 4) is 0 Å². The highest BCUT2D eigenvalue weighted by Crippen LogP contribution is 2.34. The topological polar surface area (TPSA) is 49.6 Å². The maximum Gasteiger partial charge on any atom is 0.292 e. The number of para-hydroxylation sites is 1. The fourth-order valence-corrected chi connectivity index (χ4v) is 3.87. The molecular formula is C17H25N3O2. The highest BCUT2D eigenvalue weighted by Gasteiger charge is 2.27. The summed E-state index contributed by atoms with van der Waals surface area (Å²) >= 11 is 0. The molecule has 5 heteroatoms. The van der Waals surface area contributed by atoms with E-state index in [2.05, 4.69) is 9.80 Å². The van der Waals surface area contributed by atoms with E-state index >= 15 is 0 Å². The molecule has 1 aromatic rings. The van der Waals surface area contributed by atoms with Crippen LogP contribution in [0.1, 0.15) is 31.2 Å². The Labute approximate surface area is 132 Å². The monoisotopic (exact) mass is 303 g/mol. The van der Waals surface area contributed by atoms with Crippen molar-refractivity contribution in [2.24, 2.45) is 5.92 Å². The fourth-order valence-electron chi connectivity index (χ4n) is 3.87. The summed E-state index contributed by atoms with van der Waals surface area (Å²) in [5.41, 5.74) is 2.08. The first-order valence-corrected chi connectivity index (χ1v) is 8.36. The van der Waals surface area contributed by atoms with Crippen LogP contribution in [-0.4, -0.2) is 42.5 Å².